The fourth-order valence-corrected chi connectivity index (χ4v) is 1.72. The van der Waals surface area contributed by atoms with Gasteiger partial charge >= 0.3 is 0 Å². The van der Waals surface area contributed by atoms with Gasteiger partial charge in [-0.05, 0) is 18.6 Å². The molecule has 0 aliphatic heterocycles. The maximum atomic E-state index is 12.0. The third-order valence-electron chi connectivity index (χ3n) is 2.73. The Labute approximate surface area is 101 Å². The van der Waals surface area contributed by atoms with Crippen molar-refractivity contribution in [1.29, 1.82) is 0 Å². The van der Waals surface area contributed by atoms with Gasteiger partial charge in [0.15, 0.2) is 0 Å². The summed E-state index contributed by atoms with van der Waals surface area (Å²) in [6.45, 7) is 2.31. The molecular weight excluding hydrogens is 214 g/mol. The molecule has 0 bridgehead atoms. The van der Waals surface area contributed by atoms with Gasteiger partial charge in [-0.2, -0.15) is 0 Å². The first-order valence-corrected chi connectivity index (χ1v) is 5.46. The Morgan fingerprint density at radius 2 is 2.18 bits per heavy atom. The van der Waals surface area contributed by atoms with Crippen LogP contribution in [0.4, 0.5) is 5.69 Å². The van der Waals surface area contributed by atoms with E-state index in [1.165, 1.54) is 0 Å². The Bertz CT molecular complexity index is 505. The zero-order chi connectivity index (χ0) is 12.3. The second-order valence-electron chi connectivity index (χ2n) is 3.97. The molecule has 17 heavy (non-hydrogen) atoms. The number of carbonyl (C=O) groups excluding carboxylic acids is 1. The Morgan fingerprint density at radius 3 is 2.82 bits per heavy atom. The van der Waals surface area contributed by atoms with Crippen molar-refractivity contribution in [2.45, 2.75) is 13.5 Å². The minimum Gasteiger partial charge on any atom is -0.328 e. The second-order valence-corrected chi connectivity index (χ2v) is 3.97. The molecule has 88 valence electrons. The third-order valence-corrected chi connectivity index (χ3v) is 2.73. The number of carbonyl (C=O) groups is 1. The molecule has 1 amide bonds. The molecule has 4 nitrogen and oxygen atoms in total. The zero-order valence-corrected chi connectivity index (χ0v) is 10.00. The van der Waals surface area contributed by atoms with Crippen LogP contribution in [0.25, 0.3) is 0 Å². The molecule has 2 aromatic rings. The van der Waals surface area contributed by atoms with Gasteiger partial charge in [0.05, 0.1) is 6.33 Å². The molecular formula is C13H15N3O. The van der Waals surface area contributed by atoms with Crippen LogP contribution in [0.5, 0.6) is 0 Å². The van der Waals surface area contributed by atoms with E-state index in [0.717, 1.165) is 11.3 Å². The Balaban J connectivity index is 2.12. The number of hydrogen-bond acceptors (Lipinski definition) is 2. The average Bonchev–Trinajstić information content (AvgIpc) is 2.81. The van der Waals surface area contributed by atoms with Gasteiger partial charge in [-0.15, -0.1) is 0 Å². The summed E-state index contributed by atoms with van der Waals surface area (Å²) in [7, 11) is 1.79. The minimum absolute atomic E-state index is 0.0392. The quantitative estimate of drug-likeness (QED) is 0.805. The average molecular weight is 229 g/mol. The molecule has 1 aromatic heterocycles. The van der Waals surface area contributed by atoms with Crippen molar-refractivity contribution in [3.63, 3.8) is 0 Å². The summed E-state index contributed by atoms with van der Waals surface area (Å²) in [4.78, 5) is 17.6. The van der Waals surface area contributed by atoms with Crippen molar-refractivity contribution in [2.75, 3.05) is 11.9 Å². The van der Waals surface area contributed by atoms with Gasteiger partial charge in [-0.25, -0.2) is 4.98 Å². The van der Waals surface area contributed by atoms with E-state index in [2.05, 4.69) is 4.98 Å². The van der Waals surface area contributed by atoms with Crippen LogP contribution in [0.1, 0.15) is 5.56 Å². The topological polar surface area (TPSA) is 38.1 Å². The molecule has 4 heteroatoms. The Hall–Kier alpha value is -2.10. The fourth-order valence-electron chi connectivity index (χ4n) is 1.72. The van der Waals surface area contributed by atoms with Gasteiger partial charge in [0.2, 0.25) is 5.91 Å². The molecule has 0 N–H and O–H groups in total. The Kier molecular flexibility index (Phi) is 3.23. The highest BCUT2D eigenvalue weighted by molar-refractivity contribution is 5.93. The van der Waals surface area contributed by atoms with E-state index in [4.69, 9.17) is 0 Å². The van der Waals surface area contributed by atoms with Crippen molar-refractivity contribution in [1.82, 2.24) is 9.55 Å². The first-order chi connectivity index (χ1) is 8.18. The molecule has 0 radical (unpaired) electrons. The summed E-state index contributed by atoms with van der Waals surface area (Å²) in [6, 6.07) is 7.84. The summed E-state index contributed by atoms with van der Waals surface area (Å²) in [5.41, 5.74) is 2.03. The molecule has 2 rings (SSSR count). The van der Waals surface area contributed by atoms with Crippen LogP contribution >= 0.6 is 0 Å². The van der Waals surface area contributed by atoms with E-state index >= 15 is 0 Å². The van der Waals surface area contributed by atoms with Crippen LogP contribution in [-0.4, -0.2) is 22.5 Å². The lowest BCUT2D eigenvalue weighted by Gasteiger charge is -2.19. The van der Waals surface area contributed by atoms with Gasteiger partial charge in [0.1, 0.15) is 6.54 Å². The first-order valence-electron chi connectivity index (χ1n) is 5.46. The number of para-hydroxylation sites is 1. The molecule has 1 heterocycles. The number of aryl methyl sites for hydroxylation is 1. The fraction of sp³-hybridized carbons (Fsp3) is 0.231. The zero-order valence-electron chi connectivity index (χ0n) is 10.00. The Morgan fingerprint density at radius 1 is 1.41 bits per heavy atom. The number of likely N-dealkylation sites (N-methyl/N-ethyl adjacent to an activating group) is 1. The standard InChI is InChI=1S/C13H15N3O/c1-11-5-3-4-6-12(11)15(2)13(17)9-16-8-7-14-10-16/h3-8,10H,9H2,1-2H3. The molecule has 0 fully saturated rings. The van der Waals surface area contributed by atoms with Gasteiger partial charge in [0.25, 0.3) is 0 Å². The lowest BCUT2D eigenvalue weighted by atomic mass is 10.2. The van der Waals surface area contributed by atoms with Crippen LogP contribution in [0.2, 0.25) is 0 Å². The summed E-state index contributed by atoms with van der Waals surface area (Å²) >= 11 is 0. The largest absolute Gasteiger partial charge is 0.328 e. The summed E-state index contributed by atoms with van der Waals surface area (Å²) in [6.07, 6.45) is 5.09. The number of nitrogens with zero attached hydrogens (tertiary/aromatic N) is 3. The third kappa shape index (κ3) is 2.53. The van der Waals surface area contributed by atoms with E-state index in [0.29, 0.717) is 6.54 Å². The molecule has 0 unspecified atom stereocenters. The van der Waals surface area contributed by atoms with Crippen LogP contribution in [0.3, 0.4) is 0 Å². The first kappa shape index (κ1) is 11.4. The van der Waals surface area contributed by atoms with Crippen molar-refractivity contribution in [3.8, 4) is 0 Å². The predicted molar refractivity (Wildman–Crippen MR) is 66.8 cm³/mol. The number of hydrogen-bond donors (Lipinski definition) is 0. The highest BCUT2D eigenvalue weighted by atomic mass is 16.2. The van der Waals surface area contributed by atoms with Crippen molar-refractivity contribution >= 4 is 11.6 Å². The molecule has 0 spiro atoms. The molecule has 0 saturated carbocycles. The van der Waals surface area contributed by atoms with Gasteiger partial charge in [-0.3, -0.25) is 4.79 Å². The van der Waals surface area contributed by atoms with Gasteiger partial charge in [0, 0.05) is 25.1 Å². The number of imidazole rings is 1. The maximum Gasteiger partial charge on any atom is 0.246 e. The number of amides is 1. The van der Waals surface area contributed by atoms with Gasteiger partial charge < -0.3 is 9.47 Å². The number of rotatable bonds is 3. The molecule has 0 aliphatic carbocycles. The summed E-state index contributed by atoms with van der Waals surface area (Å²) in [5, 5.41) is 0. The minimum atomic E-state index is 0.0392. The predicted octanol–water partition coefficient (Wildman–Crippen LogP) is 1.85. The summed E-state index contributed by atoms with van der Waals surface area (Å²) in [5.74, 6) is 0.0392. The van der Waals surface area contributed by atoms with Crippen LogP contribution in [0, 0.1) is 6.92 Å². The van der Waals surface area contributed by atoms with E-state index in [1.807, 2.05) is 31.2 Å². The maximum absolute atomic E-state index is 12.0. The SMILES string of the molecule is Cc1ccccc1N(C)C(=O)Cn1ccnc1. The van der Waals surface area contributed by atoms with E-state index in [9.17, 15) is 4.79 Å². The molecule has 0 saturated heterocycles. The van der Waals surface area contributed by atoms with E-state index in [1.54, 1.807) is 35.2 Å². The lowest BCUT2D eigenvalue weighted by molar-refractivity contribution is -0.118. The second kappa shape index (κ2) is 4.82. The van der Waals surface area contributed by atoms with E-state index in [-0.39, 0.29) is 5.91 Å². The van der Waals surface area contributed by atoms with Crippen molar-refractivity contribution in [2.24, 2.45) is 0 Å². The lowest BCUT2D eigenvalue weighted by Crippen LogP contribution is -2.30. The normalized spacial score (nSPS) is 10.2. The van der Waals surface area contributed by atoms with Crippen molar-refractivity contribution in [3.05, 3.63) is 48.5 Å². The highest BCUT2D eigenvalue weighted by Gasteiger charge is 2.12. The number of aromatic nitrogens is 2. The summed E-state index contributed by atoms with van der Waals surface area (Å²) < 4.78 is 1.76. The molecule has 1 aromatic carbocycles. The highest BCUT2D eigenvalue weighted by Crippen LogP contribution is 2.17. The van der Waals surface area contributed by atoms with Crippen LogP contribution in [-0.2, 0) is 11.3 Å². The molecule has 0 atom stereocenters. The van der Waals surface area contributed by atoms with Gasteiger partial charge in [-0.1, -0.05) is 18.2 Å². The molecule has 0 aliphatic rings. The van der Waals surface area contributed by atoms with Crippen LogP contribution < -0.4 is 4.90 Å². The monoisotopic (exact) mass is 229 g/mol. The van der Waals surface area contributed by atoms with Crippen molar-refractivity contribution < 1.29 is 4.79 Å². The number of benzene rings is 1. The number of anilines is 1. The van der Waals surface area contributed by atoms with E-state index < -0.39 is 0 Å². The smallest absolute Gasteiger partial charge is 0.246 e. The van der Waals surface area contributed by atoms with Crippen LogP contribution in [0.15, 0.2) is 43.0 Å².